The van der Waals surface area contributed by atoms with Crippen LogP contribution in [-0.2, 0) is 9.31 Å². The first-order chi connectivity index (χ1) is 8.41. The summed E-state index contributed by atoms with van der Waals surface area (Å²) in [4.78, 5) is 0. The first-order valence-corrected chi connectivity index (χ1v) is 7.75. The minimum atomic E-state index is 0.0693. The zero-order valence-corrected chi connectivity index (χ0v) is 12.4. The first kappa shape index (κ1) is 13.0. The quantitative estimate of drug-likeness (QED) is 0.707. The molecule has 1 heterocycles. The van der Waals surface area contributed by atoms with Crippen LogP contribution in [0.2, 0.25) is 6.32 Å². The molecule has 0 amide bonds. The molecule has 3 heteroatoms. The van der Waals surface area contributed by atoms with E-state index in [1.807, 2.05) is 0 Å². The fraction of sp³-hybridized carbons (Fsp3) is 1.00. The number of hydrogen-bond acceptors (Lipinski definition) is 2. The summed E-state index contributed by atoms with van der Waals surface area (Å²) in [6.45, 7) is 9.38. The summed E-state index contributed by atoms with van der Waals surface area (Å²) < 4.78 is 12.6. The second-order valence-electron chi connectivity index (χ2n) is 7.84. The molecule has 4 aliphatic rings. The SMILES string of the molecule is CC(C)CCB1O[C@@H]2C[C@@H]3CC[C@]2(CC3(C)C)O1. The number of rotatable bonds is 3. The van der Waals surface area contributed by atoms with Crippen LogP contribution in [0.3, 0.4) is 0 Å². The summed E-state index contributed by atoms with van der Waals surface area (Å²) >= 11 is 0. The van der Waals surface area contributed by atoms with E-state index >= 15 is 0 Å². The monoisotopic (exact) mass is 250 g/mol. The van der Waals surface area contributed by atoms with E-state index in [-0.39, 0.29) is 12.7 Å². The largest absolute Gasteiger partial charge is 0.457 e. The van der Waals surface area contributed by atoms with E-state index in [1.54, 1.807) is 0 Å². The zero-order chi connectivity index (χ0) is 13.0. The smallest absolute Gasteiger partial charge is 0.405 e. The van der Waals surface area contributed by atoms with Crippen molar-refractivity contribution in [2.75, 3.05) is 0 Å². The Balaban J connectivity index is 1.69. The molecule has 0 N–H and O–H groups in total. The first-order valence-electron chi connectivity index (χ1n) is 7.75. The Kier molecular flexibility index (Phi) is 3.06. The predicted molar refractivity (Wildman–Crippen MR) is 74.4 cm³/mol. The van der Waals surface area contributed by atoms with Crippen molar-refractivity contribution in [3.8, 4) is 0 Å². The molecule has 1 aliphatic heterocycles. The highest BCUT2D eigenvalue weighted by atomic mass is 16.7. The van der Waals surface area contributed by atoms with E-state index in [0.29, 0.717) is 11.5 Å². The van der Waals surface area contributed by atoms with E-state index in [0.717, 1.165) is 18.2 Å². The van der Waals surface area contributed by atoms with Gasteiger partial charge in [0.2, 0.25) is 0 Å². The third-order valence-corrected chi connectivity index (χ3v) is 5.52. The molecular weight excluding hydrogens is 223 g/mol. The molecular formula is C15H27BO2. The Hall–Kier alpha value is -0.0151. The highest BCUT2D eigenvalue weighted by Crippen LogP contribution is 2.59. The molecule has 3 saturated carbocycles. The summed E-state index contributed by atoms with van der Waals surface area (Å²) in [5.41, 5.74) is 0.519. The van der Waals surface area contributed by atoms with Gasteiger partial charge in [0.15, 0.2) is 0 Å². The van der Waals surface area contributed by atoms with E-state index in [9.17, 15) is 0 Å². The van der Waals surface area contributed by atoms with Crippen molar-refractivity contribution in [3.05, 3.63) is 0 Å². The Bertz CT molecular complexity index is 328. The van der Waals surface area contributed by atoms with Gasteiger partial charge in [0, 0.05) is 0 Å². The van der Waals surface area contributed by atoms with E-state index < -0.39 is 0 Å². The van der Waals surface area contributed by atoms with Crippen LogP contribution in [0.1, 0.15) is 59.8 Å². The molecule has 4 fully saturated rings. The standard InChI is InChI=1S/C15H27BO2/c1-11(2)6-8-16-17-13-9-12-5-7-15(13,18-16)10-14(12,3)4/h11-13H,5-10H2,1-4H3/t12-,13+,15+/m0/s1. The van der Waals surface area contributed by atoms with Crippen LogP contribution >= 0.6 is 0 Å². The maximum absolute atomic E-state index is 6.40. The maximum atomic E-state index is 6.40. The zero-order valence-electron chi connectivity index (χ0n) is 12.4. The van der Waals surface area contributed by atoms with Crippen molar-refractivity contribution in [2.45, 2.75) is 77.8 Å². The van der Waals surface area contributed by atoms with Crippen molar-refractivity contribution < 1.29 is 9.31 Å². The fourth-order valence-electron chi connectivity index (χ4n) is 4.42. The lowest BCUT2D eigenvalue weighted by Gasteiger charge is -2.55. The minimum Gasteiger partial charge on any atom is -0.405 e. The van der Waals surface area contributed by atoms with Gasteiger partial charge >= 0.3 is 7.12 Å². The van der Waals surface area contributed by atoms with E-state index in [4.69, 9.17) is 9.31 Å². The third kappa shape index (κ3) is 2.04. The molecule has 0 aromatic carbocycles. The van der Waals surface area contributed by atoms with Gasteiger partial charge in [0.05, 0.1) is 11.7 Å². The van der Waals surface area contributed by atoms with Gasteiger partial charge in [-0.15, -0.1) is 0 Å². The van der Waals surface area contributed by atoms with Gasteiger partial charge < -0.3 is 9.31 Å². The average molecular weight is 250 g/mol. The number of hydrogen-bond donors (Lipinski definition) is 0. The Morgan fingerprint density at radius 3 is 2.78 bits per heavy atom. The van der Waals surface area contributed by atoms with E-state index in [2.05, 4.69) is 27.7 Å². The topological polar surface area (TPSA) is 18.5 Å². The van der Waals surface area contributed by atoms with Crippen molar-refractivity contribution >= 4 is 7.12 Å². The van der Waals surface area contributed by atoms with Gasteiger partial charge in [-0.25, -0.2) is 0 Å². The lowest BCUT2D eigenvalue weighted by molar-refractivity contribution is -0.122. The molecule has 1 saturated heterocycles. The molecule has 0 unspecified atom stereocenters. The molecule has 4 rings (SSSR count). The average Bonchev–Trinajstić information content (AvgIpc) is 2.62. The van der Waals surface area contributed by atoms with Gasteiger partial charge in [-0.2, -0.15) is 0 Å². The molecule has 18 heavy (non-hydrogen) atoms. The molecule has 2 bridgehead atoms. The summed E-state index contributed by atoms with van der Waals surface area (Å²) in [6.07, 6.45) is 7.66. The van der Waals surface area contributed by atoms with Crippen LogP contribution in [0.4, 0.5) is 0 Å². The number of fused-ring (bicyclic) bond motifs is 2. The van der Waals surface area contributed by atoms with Crippen molar-refractivity contribution in [3.63, 3.8) is 0 Å². The van der Waals surface area contributed by atoms with Crippen LogP contribution in [0, 0.1) is 17.3 Å². The maximum Gasteiger partial charge on any atom is 0.457 e. The second-order valence-corrected chi connectivity index (χ2v) is 7.84. The molecule has 0 aromatic rings. The Labute approximate surface area is 112 Å². The normalized spacial score (nSPS) is 41.5. The molecule has 1 spiro atoms. The molecule has 3 atom stereocenters. The fourth-order valence-corrected chi connectivity index (χ4v) is 4.42. The van der Waals surface area contributed by atoms with Crippen LogP contribution in [0.5, 0.6) is 0 Å². The van der Waals surface area contributed by atoms with Gasteiger partial charge in [-0.3, -0.25) is 0 Å². The summed E-state index contributed by atoms with van der Waals surface area (Å²) in [6, 6.07) is 0. The lowest BCUT2D eigenvalue weighted by atomic mass is 9.54. The minimum absolute atomic E-state index is 0.0693. The Morgan fingerprint density at radius 1 is 1.33 bits per heavy atom. The lowest BCUT2D eigenvalue weighted by Crippen LogP contribution is -2.56. The van der Waals surface area contributed by atoms with Gasteiger partial charge in [-0.05, 0) is 49.3 Å². The predicted octanol–water partition coefficient (Wildman–Crippen LogP) is 3.90. The van der Waals surface area contributed by atoms with Crippen molar-refractivity contribution in [2.24, 2.45) is 17.3 Å². The van der Waals surface area contributed by atoms with Crippen molar-refractivity contribution in [1.82, 2.24) is 0 Å². The molecule has 0 radical (unpaired) electrons. The second kappa shape index (κ2) is 4.24. The molecule has 0 aromatic heterocycles. The molecule has 2 nitrogen and oxygen atoms in total. The summed E-state index contributed by atoms with van der Waals surface area (Å²) in [5, 5.41) is 0. The highest BCUT2D eigenvalue weighted by molar-refractivity contribution is 6.45. The summed E-state index contributed by atoms with van der Waals surface area (Å²) in [7, 11) is 0.0741. The van der Waals surface area contributed by atoms with Crippen molar-refractivity contribution in [1.29, 1.82) is 0 Å². The highest BCUT2D eigenvalue weighted by Gasteiger charge is 2.61. The van der Waals surface area contributed by atoms with Crippen LogP contribution in [0.25, 0.3) is 0 Å². The van der Waals surface area contributed by atoms with Gasteiger partial charge in [0.25, 0.3) is 0 Å². The molecule has 3 aliphatic carbocycles. The van der Waals surface area contributed by atoms with Gasteiger partial charge in [0.1, 0.15) is 0 Å². The van der Waals surface area contributed by atoms with Crippen LogP contribution < -0.4 is 0 Å². The van der Waals surface area contributed by atoms with E-state index in [1.165, 1.54) is 32.1 Å². The van der Waals surface area contributed by atoms with Crippen LogP contribution in [0.15, 0.2) is 0 Å². The Morgan fingerprint density at radius 2 is 2.11 bits per heavy atom. The summed E-state index contributed by atoms with van der Waals surface area (Å²) in [5.74, 6) is 1.59. The molecule has 102 valence electrons. The van der Waals surface area contributed by atoms with Crippen LogP contribution in [-0.4, -0.2) is 18.8 Å². The third-order valence-electron chi connectivity index (χ3n) is 5.52. The van der Waals surface area contributed by atoms with Gasteiger partial charge in [-0.1, -0.05) is 34.1 Å².